The van der Waals surface area contributed by atoms with Gasteiger partial charge in [-0.05, 0) is 23.0 Å². The predicted molar refractivity (Wildman–Crippen MR) is 116 cm³/mol. The number of carbonyl (C=O) groups is 1. The lowest BCUT2D eigenvalue weighted by Crippen LogP contribution is -2.50. The molecule has 3 nitrogen and oxygen atoms in total. The Balaban J connectivity index is 1.96. The largest absolute Gasteiger partial charge is 0.321 e. The summed E-state index contributed by atoms with van der Waals surface area (Å²) in [6.07, 6.45) is 4.50. The predicted octanol–water partition coefficient (Wildman–Crippen LogP) is 5.73. The Morgan fingerprint density at radius 2 is 1.04 bits per heavy atom. The number of urea groups is 1. The van der Waals surface area contributed by atoms with Crippen LogP contribution in [-0.2, 0) is 13.1 Å². The number of nitrogens with zero attached hydrogens (tertiary/aromatic N) is 2. The van der Waals surface area contributed by atoms with Crippen LogP contribution in [0.2, 0.25) is 0 Å². The van der Waals surface area contributed by atoms with Gasteiger partial charge in [0.05, 0.1) is 12.1 Å². The fraction of sp³-hybridized carbons (Fsp3) is 0.400. The maximum Gasteiger partial charge on any atom is 0.321 e. The summed E-state index contributed by atoms with van der Waals surface area (Å²) < 4.78 is 0. The average molecular weight is 377 g/mol. The minimum absolute atomic E-state index is 0.0923. The van der Waals surface area contributed by atoms with E-state index in [1.54, 1.807) is 0 Å². The van der Waals surface area contributed by atoms with E-state index >= 15 is 0 Å². The van der Waals surface area contributed by atoms with E-state index in [0.29, 0.717) is 24.9 Å². The molecule has 2 amide bonds. The molecule has 1 heterocycles. The summed E-state index contributed by atoms with van der Waals surface area (Å²) in [4.78, 5) is 17.9. The summed E-state index contributed by atoms with van der Waals surface area (Å²) in [5.41, 5.74) is 2.33. The van der Waals surface area contributed by atoms with E-state index in [2.05, 4.69) is 64.1 Å². The van der Waals surface area contributed by atoms with Crippen molar-refractivity contribution in [3.05, 3.63) is 83.9 Å². The fourth-order valence-electron chi connectivity index (χ4n) is 3.93. The maximum absolute atomic E-state index is 13.8. The van der Waals surface area contributed by atoms with Crippen LogP contribution in [0.3, 0.4) is 0 Å². The van der Waals surface area contributed by atoms with Crippen LogP contribution in [0.25, 0.3) is 0 Å². The van der Waals surface area contributed by atoms with Crippen molar-refractivity contribution in [2.75, 3.05) is 0 Å². The van der Waals surface area contributed by atoms with Crippen molar-refractivity contribution in [3.8, 4) is 0 Å². The molecule has 2 aromatic carbocycles. The minimum atomic E-state index is 0.0923. The van der Waals surface area contributed by atoms with E-state index in [9.17, 15) is 4.79 Å². The second kappa shape index (κ2) is 9.09. The standard InChI is InChI=1S/C25H32N2O/c1-19(2)23-15-16-24(20(3)4)27(18-22-13-9-6-10-14-22)25(28)26(23)17-21-11-7-5-8-12-21/h5-16,19-20,23-24H,17-18H2,1-4H3/t23-,24-/m1/s1. The molecule has 3 heteroatoms. The molecule has 3 rings (SSSR count). The molecule has 0 N–H and O–H groups in total. The lowest BCUT2D eigenvalue weighted by atomic mass is 9.98. The molecule has 0 bridgehead atoms. The van der Waals surface area contributed by atoms with Crippen LogP contribution in [0.5, 0.6) is 0 Å². The number of benzene rings is 2. The topological polar surface area (TPSA) is 23.6 Å². The Morgan fingerprint density at radius 1 is 0.679 bits per heavy atom. The summed E-state index contributed by atoms with van der Waals surface area (Å²) >= 11 is 0. The Labute approximate surface area is 169 Å². The summed E-state index contributed by atoms with van der Waals surface area (Å²) in [6, 6.07) is 20.9. The van der Waals surface area contributed by atoms with Crippen molar-refractivity contribution in [3.63, 3.8) is 0 Å². The second-order valence-corrected chi connectivity index (χ2v) is 8.36. The zero-order valence-corrected chi connectivity index (χ0v) is 17.5. The Hall–Kier alpha value is -2.55. The summed E-state index contributed by atoms with van der Waals surface area (Å²) in [5, 5.41) is 0. The third-order valence-corrected chi connectivity index (χ3v) is 5.47. The molecule has 1 aliphatic heterocycles. The van der Waals surface area contributed by atoms with Gasteiger partial charge in [-0.2, -0.15) is 0 Å². The Bertz CT molecular complexity index is 717. The molecule has 0 spiro atoms. The highest BCUT2D eigenvalue weighted by Crippen LogP contribution is 2.27. The van der Waals surface area contributed by atoms with Gasteiger partial charge >= 0.3 is 6.03 Å². The average Bonchev–Trinajstić information content (AvgIpc) is 2.82. The van der Waals surface area contributed by atoms with Crippen LogP contribution in [0.4, 0.5) is 4.79 Å². The van der Waals surface area contributed by atoms with Crippen molar-refractivity contribution >= 4 is 6.03 Å². The van der Waals surface area contributed by atoms with Gasteiger partial charge in [-0.3, -0.25) is 0 Å². The number of hydrogen-bond acceptors (Lipinski definition) is 1. The van der Waals surface area contributed by atoms with Crippen LogP contribution in [0.1, 0.15) is 38.8 Å². The van der Waals surface area contributed by atoms with E-state index in [0.717, 1.165) is 11.1 Å². The highest BCUT2D eigenvalue weighted by Gasteiger charge is 2.35. The van der Waals surface area contributed by atoms with Crippen molar-refractivity contribution in [1.29, 1.82) is 0 Å². The van der Waals surface area contributed by atoms with Gasteiger partial charge in [0.25, 0.3) is 0 Å². The van der Waals surface area contributed by atoms with Crippen molar-refractivity contribution in [1.82, 2.24) is 9.80 Å². The zero-order valence-electron chi connectivity index (χ0n) is 17.5. The molecule has 0 radical (unpaired) electrons. The highest BCUT2D eigenvalue weighted by molar-refractivity contribution is 5.76. The first-order chi connectivity index (χ1) is 13.5. The van der Waals surface area contributed by atoms with Crippen LogP contribution in [0, 0.1) is 11.8 Å². The molecule has 1 aliphatic rings. The first kappa shape index (κ1) is 20.2. The van der Waals surface area contributed by atoms with Gasteiger partial charge in [0.1, 0.15) is 0 Å². The van der Waals surface area contributed by atoms with E-state index in [4.69, 9.17) is 0 Å². The number of rotatable bonds is 6. The third kappa shape index (κ3) is 4.64. The molecule has 0 aromatic heterocycles. The smallest absolute Gasteiger partial charge is 0.314 e. The van der Waals surface area contributed by atoms with Gasteiger partial charge in [-0.15, -0.1) is 0 Å². The number of hydrogen-bond donors (Lipinski definition) is 0. The molecule has 2 atom stereocenters. The molecule has 148 valence electrons. The molecular weight excluding hydrogens is 344 g/mol. The van der Waals surface area contributed by atoms with Crippen molar-refractivity contribution < 1.29 is 4.79 Å². The van der Waals surface area contributed by atoms with Gasteiger partial charge < -0.3 is 9.80 Å². The van der Waals surface area contributed by atoms with Gasteiger partial charge in [0.15, 0.2) is 0 Å². The van der Waals surface area contributed by atoms with Crippen molar-refractivity contribution in [2.45, 2.75) is 52.9 Å². The summed E-state index contributed by atoms with van der Waals surface area (Å²) in [7, 11) is 0. The van der Waals surface area contributed by atoms with Gasteiger partial charge in [-0.25, -0.2) is 4.79 Å². The lowest BCUT2D eigenvalue weighted by molar-refractivity contribution is 0.113. The SMILES string of the molecule is CC(C)[C@H]1C=C[C@H](C(C)C)N(Cc2ccccc2)C(=O)N1Cc1ccccc1. The van der Waals surface area contributed by atoms with E-state index in [1.165, 1.54) is 0 Å². The quantitative estimate of drug-likeness (QED) is 0.591. The minimum Gasteiger partial charge on any atom is -0.314 e. The van der Waals surface area contributed by atoms with Crippen LogP contribution >= 0.6 is 0 Å². The van der Waals surface area contributed by atoms with Gasteiger partial charge in [-0.1, -0.05) is 101 Å². The van der Waals surface area contributed by atoms with Gasteiger partial charge in [0.2, 0.25) is 0 Å². The van der Waals surface area contributed by atoms with Crippen LogP contribution in [0.15, 0.2) is 72.8 Å². The molecule has 28 heavy (non-hydrogen) atoms. The fourth-order valence-corrected chi connectivity index (χ4v) is 3.93. The van der Waals surface area contributed by atoms with Crippen molar-refractivity contribution in [2.24, 2.45) is 11.8 Å². The number of carbonyl (C=O) groups excluding carboxylic acids is 1. The summed E-state index contributed by atoms with van der Waals surface area (Å²) in [5.74, 6) is 0.710. The highest BCUT2D eigenvalue weighted by atomic mass is 16.2. The first-order valence-corrected chi connectivity index (χ1v) is 10.3. The zero-order chi connectivity index (χ0) is 20.1. The normalized spacial score (nSPS) is 20.1. The Kier molecular flexibility index (Phi) is 6.56. The van der Waals surface area contributed by atoms with Crippen LogP contribution < -0.4 is 0 Å². The lowest BCUT2D eigenvalue weighted by Gasteiger charge is -2.37. The molecule has 0 saturated carbocycles. The molecule has 0 unspecified atom stereocenters. The first-order valence-electron chi connectivity index (χ1n) is 10.3. The molecule has 2 aromatic rings. The molecule has 0 fully saturated rings. The molecular formula is C25H32N2O. The monoisotopic (exact) mass is 376 g/mol. The second-order valence-electron chi connectivity index (χ2n) is 8.36. The van der Waals surface area contributed by atoms with E-state index in [-0.39, 0.29) is 18.1 Å². The van der Waals surface area contributed by atoms with Gasteiger partial charge in [0, 0.05) is 13.1 Å². The third-order valence-electron chi connectivity index (χ3n) is 5.47. The van der Waals surface area contributed by atoms with E-state index < -0.39 is 0 Å². The maximum atomic E-state index is 13.8. The molecule has 0 saturated heterocycles. The van der Waals surface area contributed by atoms with E-state index in [1.807, 2.05) is 46.2 Å². The molecule has 0 aliphatic carbocycles. The summed E-state index contributed by atoms with van der Waals surface area (Å²) in [6.45, 7) is 10.0. The Morgan fingerprint density at radius 3 is 1.36 bits per heavy atom. The number of amides is 2. The van der Waals surface area contributed by atoms with Crippen LogP contribution in [-0.4, -0.2) is 27.9 Å².